The largest absolute Gasteiger partial charge is 0.450 e. The molecule has 1 unspecified atom stereocenters. The van der Waals surface area contributed by atoms with Crippen LogP contribution in [0.15, 0.2) is 51.7 Å². The van der Waals surface area contributed by atoms with Crippen LogP contribution < -0.4 is 10.3 Å². The number of nitro benzene ring substituents is 1. The highest BCUT2D eigenvalue weighted by atomic mass is 35.5. The molecule has 5 rings (SSSR count). The number of amides is 1. The highest BCUT2D eigenvalue weighted by Gasteiger charge is 2.45. The summed E-state index contributed by atoms with van der Waals surface area (Å²) in [6.45, 7) is 1.73. The van der Waals surface area contributed by atoms with Crippen LogP contribution in [0.1, 0.15) is 32.7 Å². The zero-order valence-corrected chi connectivity index (χ0v) is 17.3. The van der Waals surface area contributed by atoms with Gasteiger partial charge < -0.3 is 4.42 Å². The molecule has 4 aromatic rings. The Hall–Kier alpha value is -3.63. The summed E-state index contributed by atoms with van der Waals surface area (Å²) in [6.07, 6.45) is 0. The maximum absolute atomic E-state index is 13.4. The Labute approximate surface area is 182 Å². The van der Waals surface area contributed by atoms with Crippen molar-refractivity contribution in [1.82, 2.24) is 10.2 Å². The predicted octanol–water partition coefficient (Wildman–Crippen LogP) is 4.26. The van der Waals surface area contributed by atoms with Gasteiger partial charge in [-0.05, 0) is 30.7 Å². The summed E-state index contributed by atoms with van der Waals surface area (Å²) in [4.78, 5) is 38.9. The number of fused-ring (bicyclic) bond motifs is 2. The van der Waals surface area contributed by atoms with Crippen LogP contribution in [-0.4, -0.2) is 21.0 Å². The van der Waals surface area contributed by atoms with E-state index in [1.807, 2.05) is 0 Å². The number of aryl methyl sites for hydroxylation is 1. The second-order valence-electron chi connectivity index (χ2n) is 6.85. The Morgan fingerprint density at radius 1 is 1.19 bits per heavy atom. The second kappa shape index (κ2) is 6.96. The molecule has 1 aliphatic rings. The molecule has 154 valence electrons. The Kier molecular flexibility index (Phi) is 4.34. The van der Waals surface area contributed by atoms with E-state index in [2.05, 4.69) is 10.2 Å². The Balaban J connectivity index is 1.83. The van der Waals surface area contributed by atoms with Crippen LogP contribution in [0.3, 0.4) is 0 Å². The minimum Gasteiger partial charge on any atom is -0.450 e. The van der Waals surface area contributed by atoms with Crippen molar-refractivity contribution in [2.45, 2.75) is 13.0 Å². The molecule has 1 aliphatic heterocycles. The normalized spacial score (nSPS) is 15.5. The molecule has 0 N–H and O–H groups in total. The van der Waals surface area contributed by atoms with E-state index in [9.17, 15) is 19.7 Å². The number of carbonyl (C=O) groups excluding carboxylic acids is 1. The number of carbonyl (C=O) groups is 1. The minimum absolute atomic E-state index is 0.0770. The third-order valence-electron chi connectivity index (χ3n) is 4.95. The summed E-state index contributed by atoms with van der Waals surface area (Å²) in [5.74, 6) is -0.708. The number of nitrogens with zero attached hydrogens (tertiary/aromatic N) is 4. The van der Waals surface area contributed by atoms with E-state index >= 15 is 0 Å². The van der Waals surface area contributed by atoms with E-state index in [4.69, 9.17) is 16.0 Å². The SMILES string of the molecule is Cc1nnc(N2C(=O)c3oc4ccc(Cl)cc4c(=O)c3C2c2cccc([N+](=O)[O-])c2)s1. The lowest BCUT2D eigenvalue weighted by Crippen LogP contribution is -2.29. The smallest absolute Gasteiger partial charge is 0.297 e. The van der Waals surface area contributed by atoms with Gasteiger partial charge in [0.1, 0.15) is 10.6 Å². The maximum atomic E-state index is 13.4. The van der Waals surface area contributed by atoms with Crippen LogP contribution in [-0.2, 0) is 0 Å². The summed E-state index contributed by atoms with van der Waals surface area (Å²) in [6, 6.07) is 9.36. The van der Waals surface area contributed by atoms with Gasteiger partial charge in [-0.2, -0.15) is 0 Å². The first-order valence-corrected chi connectivity index (χ1v) is 10.2. The molecule has 0 saturated heterocycles. The molecule has 0 spiro atoms. The van der Waals surface area contributed by atoms with Gasteiger partial charge in [-0.3, -0.25) is 24.6 Å². The molecular formula is C20H11ClN4O5S. The highest BCUT2D eigenvalue weighted by molar-refractivity contribution is 7.15. The molecule has 2 aromatic carbocycles. The first-order valence-electron chi connectivity index (χ1n) is 8.99. The fraction of sp³-hybridized carbons (Fsp3) is 0.100. The predicted molar refractivity (Wildman–Crippen MR) is 114 cm³/mol. The van der Waals surface area contributed by atoms with Gasteiger partial charge in [-0.15, -0.1) is 10.2 Å². The lowest BCUT2D eigenvalue weighted by Gasteiger charge is -2.21. The van der Waals surface area contributed by atoms with Crippen LogP contribution in [0.4, 0.5) is 10.8 Å². The molecule has 9 nitrogen and oxygen atoms in total. The zero-order chi connectivity index (χ0) is 21.9. The monoisotopic (exact) mass is 454 g/mol. The molecule has 0 aliphatic carbocycles. The highest BCUT2D eigenvalue weighted by Crippen LogP contribution is 2.42. The molecule has 2 aromatic heterocycles. The fourth-order valence-corrected chi connectivity index (χ4v) is 4.54. The van der Waals surface area contributed by atoms with E-state index in [1.165, 1.54) is 46.6 Å². The summed E-state index contributed by atoms with van der Waals surface area (Å²) >= 11 is 7.22. The first-order chi connectivity index (χ1) is 14.8. The average molecular weight is 455 g/mol. The van der Waals surface area contributed by atoms with Gasteiger partial charge in [0.2, 0.25) is 10.9 Å². The summed E-state index contributed by atoms with van der Waals surface area (Å²) in [7, 11) is 0. The number of anilines is 1. The molecular weight excluding hydrogens is 444 g/mol. The van der Waals surface area contributed by atoms with E-state index in [0.717, 1.165) is 0 Å². The number of halogens is 1. The third-order valence-corrected chi connectivity index (χ3v) is 6.02. The van der Waals surface area contributed by atoms with Crippen LogP contribution in [0.5, 0.6) is 0 Å². The number of aromatic nitrogens is 2. The molecule has 0 saturated carbocycles. The van der Waals surface area contributed by atoms with Crippen molar-refractivity contribution >= 4 is 50.6 Å². The summed E-state index contributed by atoms with van der Waals surface area (Å²) < 4.78 is 5.81. The van der Waals surface area contributed by atoms with Gasteiger partial charge in [0.05, 0.1) is 21.9 Å². The van der Waals surface area contributed by atoms with E-state index in [1.54, 1.807) is 19.1 Å². The van der Waals surface area contributed by atoms with Gasteiger partial charge in [0.25, 0.3) is 11.6 Å². The van der Waals surface area contributed by atoms with Crippen molar-refractivity contribution in [3.05, 3.63) is 89.7 Å². The summed E-state index contributed by atoms with van der Waals surface area (Å²) in [5.41, 5.74) is 0.0675. The number of hydrogen-bond donors (Lipinski definition) is 0. The van der Waals surface area contributed by atoms with E-state index in [0.29, 0.717) is 15.6 Å². The molecule has 0 bridgehead atoms. The molecule has 0 radical (unpaired) electrons. The number of nitro groups is 1. The summed E-state index contributed by atoms with van der Waals surface area (Å²) in [5, 5.41) is 20.8. The molecule has 11 heteroatoms. The van der Waals surface area contributed by atoms with Crippen LogP contribution >= 0.6 is 22.9 Å². The molecule has 31 heavy (non-hydrogen) atoms. The Morgan fingerprint density at radius 2 is 2.00 bits per heavy atom. The zero-order valence-electron chi connectivity index (χ0n) is 15.7. The van der Waals surface area contributed by atoms with Crippen molar-refractivity contribution in [1.29, 1.82) is 0 Å². The molecule has 0 fully saturated rings. The van der Waals surface area contributed by atoms with Crippen LogP contribution in [0.25, 0.3) is 11.0 Å². The third kappa shape index (κ3) is 2.99. The van der Waals surface area contributed by atoms with Gasteiger partial charge in [0.15, 0.2) is 5.43 Å². The topological polar surface area (TPSA) is 119 Å². The van der Waals surface area contributed by atoms with Gasteiger partial charge in [0, 0.05) is 17.2 Å². The molecule has 1 amide bonds. The molecule has 1 atom stereocenters. The number of non-ortho nitro benzene ring substituents is 1. The minimum atomic E-state index is -0.964. The van der Waals surface area contributed by atoms with Crippen molar-refractivity contribution in [3.63, 3.8) is 0 Å². The number of benzene rings is 2. The first kappa shape index (κ1) is 19.3. The van der Waals surface area contributed by atoms with Gasteiger partial charge in [-0.25, -0.2) is 0 Å². The Bertz CT molecular complexity index is 1460. The number of rotatable bonds is 3. The van der Waals surface area contributed by atoms with Crippen LogP contribution in [0.2, 0.25) is 5.02 Å². The van der Waals surface area contributed by atoms with Crippen molar-refractivity contribution in [3.8, 4) is 0 Å². The van der Waals surface area contributed by atoms with E-state index < -0.39 is 22.3 Å². The van der Waals surface area contributed by atoms with Crippen molar-refractivity contribution < 1.29 is 14.1 Å². The number of hydrogen-bond acceptors (Lipinski definition) is 8. The lowest BCUT2D eigenvalue weighted by molar-refractivity contribution is -0.384. The quantitative estimate of drug-likeness (QED) is 0.335. The van der Waals surface area contributed by atoms with Gasteiger partial charge >= 0.3 is 0 Å². The molecule has 3 heterocycles. The van der Waals surface area contributed by atoms with Gasteiger partial charge in [-0.1, -0.05) is 35.1 Å². The fourth-order valence-electron chi connectivity index (χ4n) is 3.65. The maximum Gasteiger partial charge on any atom is 0.297 e. The second-order valence-corrected chi connectivity index (χ2v) is 8.44. The van der Waals surface area contributed by atoms with Crippen LogP contribution in [0, 0.1) is 17.0 Å². The Morgan fingerprint density at radius 3 is 2.71 bits per heavy atom. The van der Waals surface area contributed by atoms with Crippen molar-refractivity contribution in [2.75, 3.05) is 4.90 Å². The lowest BCUT2D eigenvalue weighted by atomic mass is 9.98. The van der Waals surface area contributed by atoms with E-state index in [-0.39, 0.29) is 33.1 Å². The average Bonchev–Trinajstić information content (AvgIpc) is 3.30. The standard InChI is InChI=1S/C20H11ClN4O5S/c1-9-22-23-20(31-9)24-16(10-3-2-4-12(7-10)25(28)29)15-17(26)13-8-11(21)5-6-14(13)30-18(15)19(24)27/h2-8,16H,1H3. The van der Waals surface area contributed by atoms with Crippen molar-refractivity contribution in [2.24, 2.45) is 0 Å².